The van der Waals surface area contributed by atoms with Crippen LogP contribution in [0.2, 0.25) is 0 Å². The van der Waals surface area contributed by atoms with E-state index in [9.17, 15) is 4.79 Å². The van der Waals surface area contributed by atoms with Gasteiger partial charge in [-0.15, -0.1) is 5.73 Å². The first-order valence-electron chi connectivity index (χ1n) is 11.8. The smallest absolute Gasteiger partial charge is 0.277 e. The van der Waals surface area contributed by atoms with Gasteiger partial charge in [-0.1, -0.05) is 80.6 Å². The van der Waals surface area contributed by atoms with Gasteiger partial charge in [0.15, 0.2) is 0 Å². The van der Waals surface area contributed by atoms with Crippen LogP contribution in [-0.2, 0) is 6.54 Å². The Labute approximate surface area is 210 Å². The Kier molecular flexibility index (Phi) is 8.29. The maximum absolute atomic E-state index is 13.5. The van der Waals surface area contributed by atoms with E-state index in [0.717, 1.165) is 36.1 Å². The molecule has 0 spiro atoms. The van der Waals surface area contributed by atoms with Gasteiger partial charge in [-0.3, -0.25) is 9.36 Å². The van der Waals surface area contributed by atoms with Crippen LogP contribution in [0.15, 0.2) is 107 Å². The summed E-state index contributed by atoms with van der Waals surface area (Å²) in [4.78, 5) is 18.2. The van der Waals surface area contributed by atoms with Gasteiger partial charge in [0.25, 0.3) is 5.56 Å². The number of hydrogen-bond acceptors (Lipinski definition) is 4. The minimum absolute atomic E-state index is 0.137. The van der Waals surface area contributed by atoms with Crippen molar-refractivity contribution in [3.05, 3.63) is 118 Å². The predicted molar refractivity (Wildman–Crippen MR) is 149 cm³/mol. The highest BCUT2D eigenvalue weighted by molar-refractivity contribution is 7.08. The van der Waals surface area contributed by atoms with Crippen LogP contribution in [0, 0.1) is 0 Å². The van der Waals surface area contributed by atoms with Crippen molar-refractivity contribution in [3.63, 3.8) is 0 Å². The number of aromatic nitrogens is 2. The van der Waals surface area contributed by atoms with Crippen molar-refractivity contribution in [2.24, 2.45) is 0 Å². The molecule has 0 bridgehead atoms. The van der Waals surface area contributed by atoms with Gasteiger partial charge in [-0.2, -0.15) is 11.3 Å². The first-order chi connectivity index (χ1) is 17.2. The Morgan fingerprint density at radius 3 is 2.57 bits per heavy atom. The molecular formula is C30H29N3OS. The third kappa shape index (κ3) is 5.96. The maximum atomic E-state index is 13.5. The fraction of sp³-hybridized carbons (Fsp3) is 0.167. The van der Waals surface area contributed by atoms with Crippen molar-refractivity contribution in [3.8, 4) is 22.5 Å². The zero-order valence-electron chi connectivity index (χ0n) is 19.9. The minimum Gasteiger partial charge on any atom is -0.350 e. The second-order valence-corrected chi connectivity index (χ2v) is 8.94. The van der Waals surface area contributed by atoms with Crippen LogP contribution in [-0.4, -0.2) is 9.55 Å². The lowest BCUT2D eigenvalue weighted by Crippen LogP contribution is -2.25. The van der Waals surface area contributed by atoms with Gasteiger partial charge in [0.05, 0.1) is 12.7 Å². The van der Waals surface area contributed by atoms with E-state index < -0.39 is 0 Å². The van der Waals surface area contributed by atoms with Crippen molar-refractivity contribution in [1.82, 2.24) is 9.55 Å². The Balaban J connectivity index is 1.70. The molecule has 0 amide bonds. The highest BCUT2D eigenvalue weighted by Gasteiger charge is 2.13. The number of nitrogens with one attached hydrogen (secondary N) is 1. The number of rotatable bonds is 10. The predicted octanol–water partition coefficient (Wildman–Crippen LogP) is 7.62. The Morgan fingerprint density at radius 1 is 1.09 bits per heavy atom. The molecule has 0 fully saturated rings. The third-order valence-electron chi connectivity index (χ3n) is 5.72. The molecule has 1 N–H and O–H groups in total. The molecule has 0 aliphatic carbocycles. The third-order valence-corrected chi connectivity index (χ3v) is 6.41. The van der Waals surface area contributed by atoms with Gasteiger partial charge in [-0.25, -0.2) is 4.98 Å². The number of anilines is 1. The van der Waals surface area contributed by atoms with Crippen molar-refractivity contribution < 1.29 is 0 Å². The number of allylic oxidation sites excluding steroid dienone is 2. The summed E-state index contributed by atoms with van der Waals surface area (Å²) in [6.07, 6.45) is 8.65. The molecule has 0 unspecified atom stereocenters. The van der Waals surface area contributed by atoms with E-state index in [4.69, 9.17) is 0 Å². The van der Waals surface area contributed by atoms with Gasteiger partial charge in [0, 0.05) is 11.3 Å². The standard InChI is InChI=1S/C30H29N3OS/c1-3-5-8-13-27(24-16-14-23(15-17-24)26-18-20-35-22-26)32-28-21-31-29(25-11-9-7-10-12-25)33(30(28)34)19-6-4-2/h6-7,9-18,20-22,32H,2-3,5,8,19H2,1H3. The molecule has 0 aliphatic heterocycles. The van der Waals surface area contributed by atoms with Crippen LogP contribution in [0.4, 0.5) is 5.69 Å². The summed E-state index contributed by atoms with van der Waals surface area (Å²) in [6.45, 7) is 6.17. The number of hydrogen-bond donors (Lipinski definition) is 1. The van der Waals surface area contributed by atoms with Gasteiger partial charge in [0.2, 0.25) is 0 Å². The molecule has 176 valence electrons. The second-order valence-electron chi connectivity index (χ2n) is 8.16. The molecule has 4 aromatic rings. The average molecular weight is 480 g/mol. The number of thiophene rings is 1. The zero-order chi connectivity index (χ0) is 24.5. The van der Waals surface area contributed by atoms with Crippen molar-refractivity contribution >= 4 is 22.7 Å². The topological polar surface area (TPSA) is 46.9 Å². The average Bonchev–Trinajstić information content (AvgIpc) is 3.44. The fourth-order valence-electron chi connectivity index (χ4n) is 3.83. The molecule has 5 heteroatoms. The Hall–Kier alpha value is -3.92. The summed E-state index contributed by atoms with van der Waals surface area (Å²) in [7, 11) is 0. The highest BCUT2D eigenvalue weighted by atomic mass is 32.1. The summed E-state index contributed by atoms with van der Waals surface area (Å²) in [6, 6.07) is 20.3. The van der Waals surface area contributed by atoms with Crippen molar-refractivity contribution in [2.45, 2.75) is 32.7 Å². The van der Waals surface area contributed by atoms with E-state index in [-0.39, 0.29) is 5.56 Å². The highest BCUT2D eigenvalue weighted by Crippen LogP contribution is 2.26. The molecule has 0 saturated carbocycles. The summed E-state index contributed by atoms with van der Waals surface area (Å²) < 4.78 is 1.65. The van der Waals surface area contributed by atoms with Crippen LogP contribution in [0.25, 0.3) is 28.2 Å². The van der Waals surface area contributed by atoms with Crippen LogP contribution in [0.3, 0.4) is 0 Å². The van der Waals surface area contributed by atoms with Gasteiger partial charge < -0.3 is 5.32 Å². The first-order valence-corrected chi connectivity index (χ1v) is 12.7. The summed E-state index contributed by atoms with van der Waals surface area (Å²) in [5.41, 5.74) is 8.28. The summed E-state index contributed by atoms with van der Waals surface area (Å²) in [5.74, 6) is 0.615. The van der Waals surface area contributed by atoms with E-state index in [1.165, 1.54) is 11.1 Å². The molecule has 0 radical (unpaired) electrons. The fourth-order valence-corrected chi connectivity index (χ4v) is 4.49. The van der Waals surface area contributed by atoms with Crippen LogP contribution < -0.4 is 10.9 Å². The number of nitrogens with zero attached hydrogens (tertiary/aromatic N) is 2. The van der Waals surface area contributed by atoms with Gasteiger partial charge in [-0.05, 0) is 52.4 Å². The SMILES string of the molecule is C=C=CCn1c(-c2ccccc2)ncc(NC(=CCCCC)c2ccc(-c3ccsc3)cc2)c1=O. The van der Waals surface area contributed by atoms with Gasteiger partial charge >= 0.3 is 0 Å². The summed E-state index contributed by atoms with van der Waals surface area (Å²) >= 11 is 1.69. The maximum Gasteiger partial charge on any atom is 0.277 e. The van der Waals surface area contributed by atoms with Crippen LogP contribution in [0.1, 0.15) is 31.7 Å². The lowest BCUT2D eigenvalue weighted by Gasteiger charge is -2.15. The lowest BCUT2D eigenvalue weighted by molar-refractivity contribution is 0.768. The van der Waals surface area contributed by atoms with E-state index in [1.807, 2.05) is 30.3 Å². The van der Waals surface area contributed by atoms with E-state index >= 15 is 0 Å². The van der Waals surface area contributed by atoms with Crippen molar-refractivity contribution in [2.75, 3.05) is 5.32 Å². The second kappa shape index (κ2) is 12.0. The Morgan fingerprint density at radius 2 is 1.89 bits per heavy atom. The molecule has 0 aliphatic rings. The summed E-state index contributed by atoms with van der Waals surface area (Å²) in [5, 5.41) is 7.62. The minimum atomic E-state index is -0.137. The van der Waals surface area contributed by atoms with Crippen LogP contribution >= 0.6 is 11.3 Å². The quantitative estimate of drug-likeness (QED) is 0.188. The monoisotopic (exact) mass is 479 g/mol. The molecule has 4 nitrogen and oxygen atoms in total. The van der Waals surface area contributed by atoms with E-state index in [0.29, 0.717) is 18.1 Å². The molecule has 4 rings (SSSR count). The largest absolute Gasteiger partial charge is 0.350 e. The van der Waals surface area contributed by atoms with Crippen LogP contribution in [0.5, 0.6) is 0 Å². The van der Waals surface area contributed by atoms with Crippen molar-refractivity contribution in [1.29, 1.82) is 0 Å². The molecule has 2 aromatic carbocycles. The zero-order valence-corrected chi connectivity index (χ0v) is 20.7. The molecule has 0 saturated heterocycles. The molecule has 35 heavy (non-hydrogen) atoms. The Bertz CT molecular complexity index is 1380. The molecule has 2 heterocycles. The lowest BCUT2D eigenvalue weighted by atomic mass is 10.0. The number of unbranched alkanes of at least 4 members (excludes halogenated alkanes) is 2. The molecule has 2 aromatic heterocycles. The first kappa shape index (κ1) is 24.2. The number of benzene rings is 2. The molecule has 0 atom stereocenters. The van der Waals surface area contributed by atoms with E-state index in [2.05, 4.69) is 76.7 Å². The normalized spacial score (nSPS) is 11.2. The molecular weight excluding hydrogens is 450 g/mol. The van der Waals surface area contributed by atoms with E-state index in [1.54, 1.807) is 28.2 Å². The van der Waals surface area contributed by atoms with Gasteiger partial charge in [0.1, 0.15) is 11.5 Å².